The molecule has 0 saturated carbocycles. The molecule has 0 aliphatic rings. The third kappa shape index (κ3) is 5.01. The molecule has 128 valence electrons. The van der Waals surface area contributed by atoms with E-state index in [9.17, 15) is 9.18 Å². The van der Waals surface area contributed by atoms with Crippen molar-refractivity contribution in [2.75, 3.05) is 6.26 Å². The number of halogens is 2. The lowest BCUT2D eigenvalue weighted by molar-refractivity contribution is -0.144. The predicted octanol–water partition coefficient (Wildman–Crippen LogP) is 4.39. The summed E-state index contributed by atoms with van der Waals surface area (Å²) in [6.45, 7) is 3.75. The normalized spacial score (nSPS) is 10.7. The maximum atomic E-state index is 13.7. The summed E-state index contributed by atoms with van der Waals surface area (Å²) in [6.07, 6.45) is 2.64. The zero-order valence-electron chi connectivity index (χ0n) is 13.7. The average molecular weight is 413 g/mol. The summed E-state index contributed by atoms with van der Waals surface area (Å²) in [7, 11) is 0. The molecule has 0 aliphatic carbocycles. The van der Waals surface area contributed by atoms with Crippen molar-refractivity contribution in [3.63, 3.8) is 0 Å². The molecule has 0 spiro atoms. The molecule has 0 unspecified atom stereocenters. The first-order chi connectivity index (χ1) is 11.4. The Hall–Kier alpha value is -1.47. The summed E-state index contributed by atoms with van der Waals surface area (Å²) in [6, 6.07) is 4.65. The Morgan fingerprint density at radius 2 is 1.96 bits per heavy atom. The van der Waals surface area contributed by atoms with E-state index in [1.807, 2.05) is 20.1 Å². The second-order valence-corrected chi connectivity index (χ2v) is 6.95. The summed E-state index contributed by atoms with van der Waals surface area (Å²) in [4.78, 5) is 20.7. The zero-order valence-corrected chi connectivity index (χ0v) is 16.1. The maximum Gasteiger partial charge on any atom is 0.306 e. The van der Waals surface area contributed by atoms with E-state index in [1.54, 1.807) is 12.1 Å². The van der Waals surface area contributed by atoms with Crippen LogP contribution in [0.25, 0.3) is 0 Å². The molecule has 1 aromatic carbocycles. The summed E-state index contributed by atoms with van der Waals surface area (Å²) in [5.41, 5.74) is 3.06. The summed E-state index contributed by atoms with van der Waals surface area (Å²) < 4.78 is 19.5. The van der Waals surface area contributed by atoms with Crippen LogP contribution in [0.3, 0.4) is 0 Å². The van der Waals surface area contributed by atoms with Gasteiger partial charge in [0.05, 0.1) is 0 Å². The van der Waals surface area contributed by atoms with Crippen molar-refractivity contribution < 1.29 is 13.9 Å². The molecule has 0 atom stereocenters. The third-order valence-electron chi connectivity index (χ3n) is 3.57. The molecule has 0 saturated heterocycles. The Labute approximate surface area is 153 Å². The highest BCUT2D eigenvalue weighted by Crippen LogP contribution is 2.18. The lowest BCUT2D eigenvalue weighted by atomic mass is 10.1. The van der Waals surface area contributed by atoms with Gasteiger partial charge in [-0.25, -0.2) is 14.4 Å². The van der Waals surface area contributed by atoms with Crippen molar-refractivity contribution in [2.24, 2.45) is 0 Å². The van der Waals surface area contributed by atoms with Crippen LogP contribution in [0.4, 0.5) is 4.39 Å². The van der Waals surface area contributed by atoms with Crippen molar-refractivity contribution in [1.82, 2.24) is 9.97 Å². The topological polar surface area (TPSA) is 52.1 Å². The van der Waals surface area contributed by atoms with Gasteiger partial charge in [-0.05, 0) is 44.2 Å². The number of benzene rings is 1. The monoisotopic (exact) mass is 412 g/mol. The van der Waals surface area contributed by atoms with E-state index in [4.69, 9.17) is 4.74 Å². The van der Waals surface area contributed by atoms with Crippen molar-refractivity contribution >= 4 is 33.7 Å². The molecule has 1 aromatic heterocycles. The molecule has 24 heavy (non-hydrogen) atoms. The number of carbonyl (C=O) groups is 1. The number of hydrogen-bond acceptors (Lipinski definition) is 5. The minimum Gasteiger partial charge on any atom is -0.461 e. The molecular weight excluding hydrogens is 395 g/mol. The fraction of sp³-hybridized carbons (Fsp3) is 0.353. The van der Waals surface area contributed by atoms with E-state index in [0.29, 0.717) is 16.5 Å². The fourth-order valence-corrected chi connectivity index (χ4v) is 3.05. The molecule has 0 N–H and O–H groups in total. The molecule has 0 amide bonds. The standard InChI is InChI=1S/C17H18BrFN2O2S/c1-10-14(11(2)21-17(20-10)24-3)6-7-16(22)23-9-12-4-5-13(18)8-15(12)19/h4-5,8H,6-7,9H2,1-3H3. The molecule has 2 aromatic rings. The highest BCUT2D eigenvalue weighted by Gasteiger charge is 2.12. The first-order valence-electron chi connectivity index (χ1n) is 7.38. The predicted molar refractivity (Wildman–Crippen MR) is 95.5 cm³/mol. The van der Waals surface area contributed by atoms with Crippen LogP contribution >= 0.6 is 27.7 Å². The van der Waals surface area contributed by atoms with Crippen LogP contribution in [0.2, 0.25) is 0 Å². The molecule has 4 nitrogen and oxygen atoms in total. The number of aryl methyl sites for hydroxylation is 2. The van der Waals surface area contributed by atoms with Gasteiger partial charge < -0.3 is 4.74 Å². The number of rotatable bonds is 6. The highest BCUT2D eigenvalue weighted by molar-refractivity contribution is 9.10. The second kappa shape index (κ2) is 8.58. The van der Waals surface area contributed by atoms with Crippen LogP contribution in [0.15, 0.2) is 27.8 Å². The van der Waals surface area contributed by atoms with Gasteiger partial charge in [-0.1, -0.05) is 33.8 Å². The van der Waals surface area contributed by atoms with Gasteiger partial charge >= 0.3 is 5.97 Å². The fourth-order valence-electron chi connectivity index (χ4n) is 2.26. The highest BCUT2D eigenvalue weighted by atomic mass is 79.9. The summed E-state index contributed by atoms with van der Waals surface area (Å²) >= 11 is 4.68. The number of hydrogen-bond donors (Lipinski definition) is 0. The number of thioether (sulfide) groups is 1. The van der Waals surface area contributed by atoms with Gasteiger partial charge in [-0.3, -0.25) is 4.79 Å². The van der Waals surface area contributed by atoms with Crippen LogP contribution in [0, 0.1) is 19.7 Å². The molecule has 7 heteroatoms. The van der Waals surface area contributed by atoms with Gasteiger partial charge in [0.2, 0.25) is 0 Å². The number of carbonyl (C=O) groups excluding carboxylic acids is 1. The van der Waals surface area contributed by atoms with Crippen molar-refractivity contribution in [3.8, 4) is 0 Å². The zero-order chi connectivity index (χ0) is 17.7. The average Bonchev–Trinajstić information content (AvgIpc) is 2.53. The molecular formula is C17H18BrFN2O2S. The SMILES string of the molecule is CSc1nc(C)c(CCC(=O)OCc2ccc(Br)cc2F)c(C)n1. The summed E-state index contributed by atoms with van der Waals surface area (Å²) in [5.74, 6) is -0.769. The number of aromatic nitrogens is 2. The minimum atomic E-state index is -0.398. The Morgan fingerprint density at radius 3 is 2.54 bits per heavy atom. The molecule has 0 bridgehead atoms. The van der Waals surface area contributed by atoms with Gasteiger partial charge in [0.1, 0.15) is 12.4 Å². The number of nitrogens with zero attached hydrogens (tertiary/aromatic N) is 2. The Balaban J connectivity index is 1.92. The molecule has 2 rings (SSSR count). The van der Waals surface area contributed by atoms with Gasteiger partial charge in [-0.15, -0.1) is 0 Å². The maximum absolute atomic E-state index is 13.7. The van der Waals surface area contributed by atoms with Crippen molar-refractivity contribution in [3.05, 3.63) is 51.0 Å². The van der Waals surface area contributed by atoms with E-state index in [1.165, 1.54) is 17.8 Å². The van der Waals surface area contributed by atoms with Crippen molar-refractivity contribution in [1.29, 1.82) is 0 Å². The van der Waals surface area contributed by atoms with E-state index < -0.39 is 5.82 Å². The van der Waals surface area contributed by atoms with Crippen LogP contribution in [-0.2, 0) is 22.6 Å². The smallest absolute Gasteiger partial charge is 0.306 e. The lowest BCUT2D eigenvalue weighted by Gasteiger charge is -2.10. The Kier molecular flexibility index (Phi) is 6.74. The van der Waals surface area contributed by atoms with E-state index in [0.717, 1.165) is 22.1 Å². The van der Waals surface area contributed by atoms with Crippen LogP contribution in [0.5, 0.6) is 0 Å². The van der Waals surface area contributed by atoms with Crippen LogP contribution in [-0.4, -0.2) is 22.2 Å². The van der Waals surface area contributed by atoms with E-state index >= 15 is 0 Å². The molecule has 0 fully saturated rings. The molecule has 1 heterocycles. The van der Waals surface area contributed by atoms with Crippen LogP contribution < -0.4 is 0 Å². The van der Waals surface area contributed by atoms with E-state index in [-0.39, 0.29) is 19.0 Å². The lowest BCUT2D eigenvalue weighted by Crippen LogP contribution is -2.09. The van der Waals surface area contributed by atoms with Crippen molar-refractivity contribution in [2.45, 2.75) is 38.5 Å². The molecule has 0 aliphatic heterocycles. The summed E-state index contributed by atoms with van der Waals surface area (Å²) in [5, 5.41) is 0.724. The Morgan fingerprint density at radius 1 is 1.29 bits per heavy atom. The largest absolute Gasteiger partial charge is 0.461 e. The second-order valence-electron chi connectivity index (χ2n) is 5.26. The van der Waals surface area contributed by atoms with E-state index in [2.05, 4.69) is 25.9 Å². The first-order valence-corrected chi connectivity index (χ1v) is 9.40. The Bertz CT molecular complexity index is 732. The van der Waals surface area contributed by atoms with Gasteiger partial charge in [0.25, 0.3) is 0 Å². The number of ether oxygens (including phenoxy) is 1. The third-order valence-corrected chi connectivity index (χ3v) is 4.61. The van der Waals surface area contributed by atoms with Crippen LogP contribution in [0.1, 0.15) is 28.9 Å². The molecule has 0 radical (unpaired) electrons. The first kappa shape index (κ1) is 18.9. The quantitative estimate of drug-likeness (QED) is 0.399. The van der Waals surface area contributed by atoms with Gasteiger partial charge in [-0.2, -0.15) is 0 Å². The van der Waals surface area contributed by atoms with Gasteiger partial charge in [0.15, 0.2) is 5.16 Å². The number of esters is 1. The minimum absolute atomic E-state index is 0.0716. The van der Waals surface area contributed by atoms with Gasteiger partial charge in [0, 0.05) is 27.8 Å².